The van der Waals surface area contributed by atoms with Crippen LogP contribution in [0.4, 0.5) is 0 Å². The van der Waals surface area contributed by atoms with Crippen molar-refractivity contribution in [2.45, 2.75) is 27.2 Å². The molecule has 0 radical (unpaired) electrons. The van der Waals surface area contributed by atoms with Gasteiger partial charge in [0.1, 0.15) is 5.75 Å². The molecule has 1 aromatic carbocycles. The number of hydrogen-bond donors (Lipinski definition) is 2. The molecular weight excluding hydrogens is 240 g/mol. The fourth-order valence-corrected chi connectivity index (χ4v) is 1.83. The molecular formula is C15H24N2O2. The van der Waals surface area contributed by atoms with Crippen LogP contribution in [0.2, 0.25) is 0 Å². The summed E-state index contributed by atoms with van der Waals surface area (Å²) < 4.78 is 5.59. The normalized spacial score (nSPS) is 10.3. The van der Waals surface area contributed by atoms with E-state index in [1.54, 1.807) is 0 Å². The van der Waals surface area contributed by atoms with Crippen molar-refractivity contribution < 1.29 is 9.53 Å². The lowest BCUT2D eigenvalue weighted by Gasteiger charge is -2.09. The molecule has 0 fully saturated rings. The quantitative estimate of drug-likeness (QED) is 0.704. The Labute approximate surface area is 115 Å². The second-order valence-corrected chi connectivity index (χ2v) is 4.63. The fourth-order valence-electron chi connectivity index (χ4n) is 1.83. The van der Waals surface area contributed by atoms with Crippen molar-refractivity contribution in [1.29, 1.82) is 0 Å². The van der Waals surface area contributed by atoms with Crippen molar-refractivity contribution in [3.63, 3.8) is 0 Å². The van der Waals surface area contributed by atoms with E-state index in [2.05, 4.69) is 16.7 Å². The Morgan fingerprint density at radius 2 is 1.84 bits per heavy atom. The first kappa shape index (κ1) is 15.5. The minimum absolute atomic E-state index is 0.0299. The van der Waals surface area contributed by atoms with Crippen LogP contribution in [0.15, 0.2) is 18.2 Å². The summed E-state index contributed by atoms with van der Waals surface area (Å²) in [4.78, 5) is 11.5. The zero-order chi connectivity index (χ0) is 14.1. The predicted molar refractivity (Wildman–Crippen MR) is 77.6 cm³/mol. The number of ether oxygens (including phenoxy) is 1. The summed E-state index contributed by atoms with van der Waals surface area (Å²) in [5.41, 5.74) is 2.34. The number of likely N-dealkylation sites (N-methyl/N-ethyl adjacent to an activating group) is 1. The molecule has 0 heterocycles. The highest BCUT2D eigenvalue weighted by molar-refractivity contribution is 5.75. The Morgan fingerprint density at radius 3 is 2.47 bits per heavy atom. The summed E-state index contributed by atoms with van der Waals surface area (Å²) in [5, 5.41) is 6.00. The third kappa shape index (κ3) is 6.82. The van der Waals surface area contributed by atoms with Crippen molar-refractivity contribution in [3.8, 4) is 5.75 Å². The Bertz CT molecular complexity index is 385. The van der Waals surface area contributed by atoms with E-state index < -0.39 is 0 Å². The first-order valence-electron chi connectivity index (χ1n) is 6.80. The maximum Gasteiger partial charge on any atom is 0.223 e. The largest absolute Gasteiger partial charge is 0.493 e. The Morgan fingerprint density at radius 1 is 1.16 bits per heavy atom. The van der Waals surface area contributed by atoms with Crippen LogP contribution < -0.4 is 15.4 Å². The van der Waals surface area contributed by atoms with Gasteiger partial charge in [-0.1, -0.05) is 13.0 Å². The number of rotatable bonds is 8. The monoisotopic (exact) mass is 264 g/mol. The van der Waals surface area contributed by atoms with Gasteiger partial charge >= 0.3 is 0 Å². The van der Waals surface area contributed by atoms with E-state index in [0.717, 1.165) is 18.8 Å². The van der Waals surface area contributed by atoms with Crippen LogP contribution in [-0.4, -0.2) is 32.1 Å². The van der Waals surface area contributed by atoms with Gasteiger partial charge in [0.15, 0.2) is 0 Å². The summed E-state index contributed by atoms with van der Waals surface area (Å²) in [6.45, 7) is 8.91. The molecule has 1 rings (SSSR count). The first-order valence-corrected chi connectivity index (χ1v) is 6.80. The molecule has 0 aliphatic carbocycles. The lowest BCUT2D eigenvalue weighted by molar-refractivity contribution is -0.121. The van der Waals surface area contributed by atoms with E-state index in [-0.39, 0.29) is 5.91 Å². The van der Waals surface area contributed by atoms with Gasteiger partial charge in [0.05, 0.1) is 13.0 Å². The Hall–Kier alpha value is -1.55. The molecule has 0 spiro atoms. The number of carbonyl (C=O) groups is 1. The number of aryl methyl sites for hydroxylation is 2. The van der Waals surface area contributed by atoms with Crippen molar-refractivity contribution >= 4 is 5.91 Å². The average molecular weight is 264 g/mol. The van der Waals surface area contributed by atoms with Gasteiger partial charge in [-0.25, -0.2) is 0 Å². The molecule has 0 atom stereocenters. The highest BCUT2D eigenvalue weighted by Crippen LogP contribution is 2.16. The van der Waals surface area contributed by atoms with Gasteiger partial charge in [0.25, 0.3) is 0 Å². The second kappa shape index (κ2) is 8.53. The van der Waals surface area contributed by atoms with E-state index in [4.69, 9.17) is 4.74 Å². The van der Waals surface area contributed by atoms with Gasteiger partial charge in [-0.05, 0) is 43.7 Å². The van der Waals surface area contributed by atoms with E-state index in [9.17, 15) is 4.79 Å². The number of carbonyl (C=O) groups excluding carboxylic acids is 1. The molecule has 0 aliphatic heterocycles. The molecule has 0 saturated heterocycles. The minimum Gasteiger partial charge on any atom is -0.493 e. The maximum absolute atomic E-state index is 11.5. The van der Waals surface area contributed by atoms with Crippen LogP contribution in [0.1, 0.15) is 24.5 Å². The molecule has 106 valence electrons. The zero-order valence-electron chi connectivity index (χ0n) is 12.1. The Balaban J connectivity index is 2.20. The van der Waals surface area contributed by atoms with Crippen molar-refractivity contribution in [2.24, 2.45) is 0 Å². The molecule has 1 aromatic rings. The summed E-state index contributed by atoms with van der Waals surface area (Å²) in [6.07, 6.45) is 0.388. The summed E-state index contributed by atoms with van der Waals surface area (Å²) in [6, 6.07) is 6.06. The number of benzene rings is 1. The molecule has 4 heteroatoms. The molecule has 19 heavy (non-hydrogen) atoms. The standard InChI is InChI=1S/C15H24N2O2/c1-4-16-6-7-17-15(18)5-8-19-14-10-12(2)9-13(3)11-14/h9-11,16H,4-8H2,1-3H3,(H,17,18). The molecule has 0 bridgehead atoms. The van der Waals surface area contributed by atoms with Crippen molar-refractivity contribution in [3.05, 3.63) is 29.3 Å². The van der Waals surface area contributed by atoms with Gasteiger partial charge < -0.3 is 15.4 Å². The van der Waals surface area contributed by atoms with E-state index in [1.807, 2.05) is 32.9 Å². The number of amides is 1. The molecule has 0 aromatic heterocycles. The first-order chi connectivity index (χ1) is 9.11. The van der Waals surface area contributed by atoms with Gasteiger partial charge in [-0.2, -0.15) is 0 Å². The van der Waals surface area contributed by atoms with E-state index in [1.165, 1.54) is 11.1 Å². The molecule has 0 aliphatic rings. The summed E-state index contributed by atoms with van der Waals surface area (Å²) >= 11 is 0. The maximum atomic E-state index is 11.5. The lowest BCUT2D eigenvalue weighted by Crippen LogP contribution is -2.32. The third-order valence-electron chi connectivity index (χ3n) is 2.67. The predicted octanol–water partition coefficient (Wildman–Crippen LogP) is 1.80. The van der Waals surface area contributed by atoms with Gasteiger partial charge in [-0.15, -0.1) is 0 Å². The average Bonchev–Trinajstić information content (AvgIpc) is 2.33. The Kier molecular flexibility index (Phi) is 6.97. The van der Waals surface area contributed by atoms with Gasteiger partial charge in [0.2, 0.25) is 5.91 Å². The lowest BCUT2D eigenvalue weighted by atomic mass is 10.1. The highest BCUT2D eigenvalue weighted by atomic mass is 16.5. The number of hydrogen-bond acceptors (Lipinski definition) is 3. The van der Waals surface area contributed by atoms with Crippen LogP contribution >= 0.6 is 0 Å². The highest BCUT2D eigenvalue weighted by Gasteiger charge is 2.02. The summed E-state index contributed by atoms with van der Waals surface area (Å²) in [7, 11) is 0. The molecule has 0 unspecified atom stereocenters. The second-order valence-electron chi connectivity index (χ2n) is 4.63. The van der Waals surface area contributed by atoms with Crippen molar-refractivity contribution in [1.82, 2.24) is 10.6 Å². The van der Waals surface area contributed by atoms with E-state index >= 15 is 0 Å². The van der Waals surface area contributed by atoms with E-state index in [0.29, 0.717) is 19.6 Å². The van der Waals surface area contributed by atoms with Crippen LogP contribution in [0, 0.1) is 13.8 Å². The van der Waals surface area contributed by atoms with Crippen LogP contribution in [-0.2, 0) is 4.79 Å². The van der Waals surface area contributed by atoms with Crippen LogP contribution in [0.3, 0.4) is 0 Å². The van der Waals surface area contributed by atoms with Crippen molar-refractivity contribution in [2.75, 3.05) is 26.2 Å². The fraction of sp³-hybridized carbons (Fsp3) is 0.533. The summed E-state index contributed by atoms with van der Waals surface area (Å²) in [5.74, 6) is 0.861. The molecule has 4 nitrogen and oxygen atoms in total. The molecule has 2 N–H and O–H groups in total. The van der Waals surface area contributed by atoms with Gasteiger partial charge in [-0.3, -0.25) is 4.79 Å². The minimum atomic E-state index is 0.0299. The smallest absolute Gasteiger partial charge is 0.223 e. The number of nitrogens with one attached hydrogen (secondary N) is 2. The zero-order valence-corrected chi connectivity index (χ0v) is 12.1. The topological polar surface area (TPSA) is 50.4 Å². The van der Waals surface area contributed by atoms with Crippen LogP contribution in [0.25, 0.3) is 0 Å². The third-order valence-corrected chi connectivity index (χ3v) is 2.67. The van der Waals surface area contributed by atoms with Gasteiger partial charge in [0, 0.05) is 13.1 Å². The molecule has 0 saturated carbocycles. The van der Waals surface area contributed by atoms with Crippen LogP contribution in [0.5, 0.6) is 5.75 Å². The SMILES string of the molecule is CCNCCNC(=O)CCOc1cc(C)cc(C)c1. The molecule has 1 amide bonds.